The van der Waals surface area contributed by atoms with E-state index in [4.69, 9.17) is 4.74 Å². The van der Waals surface area contributed by atoms with Gasteiger partial charge in [-0.25, -0.2) is 19.1 Å². The molecule has 1 N–H and O–H groups in total. The summed E-state index contributed by atoms with van der Waals surface area (Å²) in [5, 5.41) is 9.44. The zero-order valence-electron chi connectivity index (χ0n) is 13.4. The highest BCUT2D eigenvalue weighted by Crippen LogP contribution is 2.23. The summed E-state index contributed by atoms with van der Waals surface area (Å²) in [5.41, 5.74) is -0.259. The molecule has 1 atom stereocenters. The van der Waals surface area contributed by atoms with E-state index in [0.717, 1.165) is 12.3 Å². The number of para-hydroxylation sites is 1. The third-order valence-electron chi connectivity index (χ3n) is 3.49. The van der Waals surface area contributed by atoms with Crippen LogP contribution in [-0.2, 0) is 9.59 Å². The Hall–Kier alpha value is -3.69. The number of aromatic nitrogens is 2. The van der Waals surface area contributed by atoms with Gasteiger partial charge in [0.15, 0.2) is 11.7 Å². The Morgan fingerprint density at radius 2 is 1.96 bits per heavy atom. The number of carbonyl (C=O) groups is 3. The molecule has 4 amide bonds. The molecular weight excluding hydrogens is 345 g/mol. The van der Waals surface area contributed by atoms with Gasteiger partial charge in [-0.3, -0.25) is 14.9 Å². The van der Waals surface area contributed by atoms with Gasteiger partial charge in [0, 0.05) is 12.3 Å². The predicted molar refractivity (Wildman–Crippen MR) is 87.7 cm³/mol. The van der Waals surface area contributed by atoms with Crippen LogP contribution in [0.2, 0.25) is 0 Å². The highest BCUT2D eigenvalue weighted by Gasteiger charge is 2.41. The van der Waals surface area contributed by atoms with E-state index in [2.05, 4.69) is 15.2 Å². The number of halogens is 1. The molecule has 132 valence electrons. The van der Waals surface area contributed by atoms with Crippen molar-refractivity contribution in [3.8, 4) is 5.88 Å². The number of anilines is 1. The van der Waals surface area contributed by atoms with Gasteiger partial charge in [0.1, 0.15) is 5.82 Å². The highest BCUT2D eigenvalue weighted by molar-refractivity contribution is 6.32. The second-order valence-electron chi connectivity index (χ2n) is 5.11. The van der Waals surface area contributed by atoms with Crippen LogP contribution in [0.15, 0.2) is 41.4 Å². The van der Waals surface area contributed by atoms with E-state index in [1.165, 1.54) is 37.4 Å². The summed E-state index contributed by atoms with van der Waals surface area (Å²) in [7, 11) is 1.42. The van der Waals surface area contributed by atoms with Gasteiger partial charge in [0.05, 0.1) is 12.8 Å². The van der Waals surface area contributed by atoms with E-state index in [-0.39, 0.29) is 17.4 Å². The Morgan fingerprint density at radius 3 is 2.62 bits per heavy atom. The molecule has 1 fully saturated rings. The van der Waals surface area contributed by atoms with Gasteiger partial charge in [0.2, 0.25) is 11.8 Å². The monoisotopic (exact) mass is 357 g/mol. The third kappa shape index (κ3) is 3.24. The number of amides is 4. The van der Waals surface area contributed by atoms with Crippen molar-refractivity contribution >= 4 is 35.6 Å². The van der Waals surface area contributed by atoms with Gasteiger partial charge in [0.25, 0.3) is 5.91 Å². The Kier molecular flexibility index (Phi) is 4.65. The number of methoxy groups -OCH3 is 1. The standard InChI is InChI=1S/C16H12FN5O4/c1-26-13-7-6-12(20-21-13)18-8-9-14(23)19-16(25)22(15(9)24)11-5-3-2-4-10(11)17/h2-9H,1H3,(H,19,23,25)/t9-/m0/s1. The SMILES string of the molecule is COc1ccc(N=C[C@H]2C(=O)NC(=O)N(c3ccccc3F)C2=O)nn1. The first-order chi connectivity index (χ1) is 12.5. The van der Waals surface area contributed by atoms with Crippen molar-refractivity contribution in [2.45, 2.75) is 0 Å². The first-order valence-corrected chi connectivity index (χ1v) is 7.36. The summed E-state index contributed by atoms with van der Waals surface area (Å²) in [4.78, 5) is 41.0. The van der Waals surface area contributed by atoms with Gasteiger partial charge in [-0.1, -0.05) is 12.1 Å². The van der Waals surface area contributed by atoms with Gasteiger partial charge < -0.3 is 4.74 Å². The molecule has 0 radical (unpaired) electrons. The molecule has 1 aromatic carbocycles. The molecule has 1 aromatic heterocycles. The van der Waals surface area contributed by atoms with E-state index >= 15 is 0 Å². The Bertz CT molecular complexity index is 900. The first kappa shape index (κ1) is 17.1. The number of imide groups is 2. The number of benzene rings is 1. The van der Waals surface area contributed by atoms with Crippen LogP contribution in [0.3, 0.4) is 0 Å². The molecule has 10 heteroatoms. The van der Waals surface area contributed by atoms with Gasteiger partial charge in [-0.05, 0) is 18.2 Å². The van der Waals surface area contributed by atoms with E-state index in [9.17, 15) is 18.8 Å². The molecule has 0 unspecified atom stereocenters. The summed E-state index contributed by atoms with van der Waals surface area (Å²) in [5.74, 6) is -3.59. The number of urea groups is 1. The fourth-order valence-corrected chi connectivity index (χ4v) is 2.22. The van der Waals surface area contributed by atoms with Crippen LogP contribution in [0, 0.1) is 11.7 Å². The summed E-state index contributed by atoms with van der Waals surface area (Å²) in [6, 6.07) is 7.17. The predicted octanol–water partition coefficient (Wildman–Crippen LogP) is 1.23. The Morgan fingerprint density at radius 1 is 1.19 bits per heavy atom. The summed E-state index contributed by atoms with van der Waals surface area (Å²) in [6.07, 6.45) is 1.02. The fraction of sp³-hybridized carbons (Fsp3) is 0.125. The second-order valence-corrected chi connectivity index (χ2v) is 5.11. The van der Waals surface area contributed by atoms with Crippen molar-refractivity contribution in [1.82, 2.24) is 15.5 Å². The number of nitrogens with one attached hydrogen (secondary N) is 1. The van der Waals surface area contributed by atoms with Gasteiger partial charge in [-0.15, -0.1) is 10.2 Å². The number of ether oxygens (including phenoxy) is 1. The minimum absolute atomic E-state index is 0.126. The van der Waals surface area contributed by atoms with Crippen molar-refractivity contribution in [2.24, 2.45) is 10.9 Å². The van der Waals surface area contributed by atoms with Crippen molar-refractivity contribution in [1.29, 1.82) is 0 Å². The number of barbiturate groups is 1. The minimum atomic E-state index is -1.42. The number of carbonyl (C=O) groups excluding carboxylic acids is 3. The lowest BCUT2D eigenvalue weighted by Crippen LogP contribution is -2.58. The summed E-state index contributed by atoms with van der Waals surface area (Å²) < 4.78 is 18.8. The average Bonchev–Trinajstić information content (AvgIpc) is 2.63. The molecule has 0 aliphatic carbocycles. The number of hydrogen-bond donors (Lipinski definition) is 1. The minimum Gasteiger partial charge on any atom is -0.480 e. The number of nitrogens with zero attached hydrogens (tertiary/aromatic N) is 4. The second kappa shape index (κ2) is 7.05. The van der Waals surface area contributed by atoms with Gasteiger partial charge in [-0.2, -0.15) is 0 Å². The van der Waals surface area contributed by atoms with Crippen molar-refractivity contribution < 1.29 is 23.5 Å². The molecule has 1 saturated heterocycles. The van der Waals surface area contributed by atoms with Crippen LogP contribution in [0.4, 0.5) is 20.7 Å². The third-order valence-corrected chi connectivity index (χ3v) is 3.49. The van der Waals surface area contributed by atoms with Crippen LogP contribution in [0.1, 0.15) is 0 Å². The van der Waals surface area contributed by atoms with Crippen LogP contribution < -0.4 is 15.0 Å². The van der Waals surface area contributed by atoms with E-state index in [0.29, 0.717) is 4.90 Å². The molecule has 2 aromatic rings. The van der Waals surface area contributed by atoms with E-state index < -0.39 is 29.6 Å². The quantitative estimate of drug-likeness (QED) is 0.650. The summed E-state index contributed by atoms with van der Waals surface area (Å²) >= 11 is 0. The number of hydrogen-bond acceptors (Lipinski definition) is 7. The molecule has 9 nitrogen and oxygen atoms in total. The fourth-order valence-electron chi connectivity index (χ4n) is 2.22. The topological polar surface area (TPSA) is 114 Å². The molecule has 1 aliphatic rings. The molecule has 3 rings (SSSR count). The van der Waals surface area contributed by atoms with Crippen molar-refractivity contribution in [3.05, 3.63) is 42.2 Å². The lowest BCUT2D eigenvalue weighted by Gasteiger charge is -2.28. The van der Waals surface area contributed by atoms with Crippen molar-refractivity contribution in [2.75, 3.05) is 12.0 Å². The number of rotatable bonds is 4. The maximum atomic E-state index is 13.9. The molecule has 1 aliphatic heterocycles. The van der Waals surface area contributed by atoms with Gasteiger partial charge >= 0.3 is 6.03 Å². The van der Waals surface area contributed by atoms with E-state index in [1.807, 2.05) is 5.32 Å². The largest absolute Gasteiger partial charge is 0.480 e. The average molecular weight is 357 g/mol. The molecular formula is C16H12FN5O4. The van der Waals surface area contributed by atoms with Crippen LogP contribution in [0.25, 0.3) is 0 Å². The lowest BCUT2D eigenvalue weighted by atomic mass is 10.1. The van der Waals surface area contributed by atoms with Crippen LogP contribution >= 0.6 is 0 Å². The molecule has 2 heterocycles. The van der Waals surface area contributed by atoms with Crippen LogP contribution in [-0.4, -0.2) is 41.4 Å². The number of aliphatic imine (C=N–C) groups is 1. The Labute approximate surface area is 146 Å². The lowest BCUT2D eigenvalue weighted by molar-refractivity contribution is -0.131. The maximum absolute atomic E-state index is 13.9. The van der Waals surface area contributed by atoms with Crippen LogP contribution in [0.5, 0.6) is 5.88 Å². The zero-order valence-corrected chi connectivity index (χ0v) is 13.4. The normalized spacial score (nSPS) is 17.5. The molecule has 0 bridgehead atoms. The van der Waals surface area contributed by atoms with Crippen molar-refractivity contribution in [3.63, 3.8) is 0 Å². The smallest absolute Gasteiger partial charge is 0.335 e. The molecule has 26 heavy (non-hydrogen) atoms. The first-order valence-electron chi connectivity index (χ1n) is 7.36. The maximum Gasteiger partial charge on any atom is 0.335 e. The van der Waals surface area contributed by atoms with E-state index in [1.54, 1.807) is 0 Å². The Balaban J connectivity index is 1.87. The molecule has 0 spiro atoms. The highest BCUT2D eigenvalue weighted by atomic mass is 19.1. The molecule has 0 saturated carbocycles. The zero-order chi connectivity index (χ0) is 18.7. The summed E-state index contributed by atoms with van der Waals surface area (Å²) in [6.45, 7) is 0.